The molecule has 376 valence electrons. The van der Waals surface area contributed by atoms with Crippen molar-refractivity contribution in [1.82, 2.24) is 0 Å². The third-order valence-electron chi connectivity index (χ3n) is 14.5. The van der Waals surface area contributed by atoms with E-state index in [1.54, 1.807) is 19.9 Å². The molecule has 0 aromatic heterocycles. The van der Waals surface area contributed by atoms with Gasteiger partial charge in [0.05, 0.1) is 28.1 Å². The van der Waals surface area contributed by atoms with Gasteiger partial charge in [-0.1, -0.05) is 80.6 Å². The number of allylic oxidation sites excluding steroid dienone is 7. The number of fused-ring (bicyclic) bond motifs is 6. The molecular weight excluding hydrogens is 955 g/mol. The summed E-state index contributed by atoms with van der Waals surface area (Å²) in [7, 11) is -4.66. The lowest BCUT2D eigenvalue weighted by molar-refractivity contribution is -0.777. The van der Waals surface area contributed by atoms with Crippen LogP contribution in [0.1, 0.15) is 97.6 Å². The van der Waals surface area contributed by atoms with Crippen LogP contribution < -0.4 is 15.1 Å². The van der Waals surface area contributed by atoms with Gasteiger partial charge in [0.1, 0.15) is 28.2 Å². The van der Waals surface area contributed by atoms with E-state index in [9.17, 15) is 27.8 Å². The molecule has 2 heterocycles. The molecule has 73 heavy (non-hydrogen) atoms. The van der Waals surface area contributed by atoms with E-state index in [2.05, 4.69) is 142 Å². The molecule has 3 aliphatic rings. The van der Waals surface area contributed by atoms with Crippen molar-refractivity contribution < 1.29 is 41.8 Å². The van der Waals surface area contributed by atoms with Crippen LogP contribution in [0.2, 0.25) is 0 Å². The average molecular weight is 1020 g/mol. The minimum absolute atomic E-state index is 0.124. The van der Waals surface area contributed by atoms with Crippen molar-refractivity contribution in [3.05, 3.63) is 179 Å². The van der Waals surface area contributed by atoms with Gasteiger partial charge in [-0.15, -0.1) is 0 Å². The second-order valence-corrected chi connectivity index (χ2v) is 22.4. The second kappa shape index (κ2) is 21.2. The number of anilines is 3. The lowest BCUT2D eigenvalue weighted by Gasteiger charge is -2.34. The van der Waals surface area contributed by atoms with Crippen LogP contribution in [0.4, 0.5) is 22.7 Å². The predicted molar refractivity (Wildman–Crippen MR) is 288 cm³/mol. The van der Waals surface area contributed by atoms with Gasteiger partial charge in [0, 0.05) is 76.6 Å². The van der Waals surface area contributed by atoms with Crippen LogP contribution in [0.3, 0.4) is 0 Å². The summed E-state index contributed by atoms with van der Waals surface area (Å²) in [4.78, 5) is 29.8. The molecule has 9 rings (SSSR count). The van der Waals surface area contributed by atoms with E-state index in [-0.39, 0.29) is 16.5 Å². The third kappa shape index (κ3) is 10.4. The first-order valence-electron chi connectivity index (χ1n) is 24.9. The van der Waals surface area contributed by atoms with Crippen LogP contribution in [0.15, 0.2) is 178 Å². The maximum Gasteiger partial charge on any atom is 0.210 e. The van der Waals surface area contributed by atoms with Crippen molar-refractivity contribution in [2.75, 3.05) is 22.9 Å². The molecule has 0 fully saturated rings. The summed E-state index contributed by atoms with van der Waals surface area (Å²) in [5, 5.41) is 17.9. The van der Waals surface area contributed by atoms with Crippen LogP contribution >= 0.6 is 12.0 Å². The molecule has 0 spiro atoms. The molecule has 0 bridgehead atoms. The maximum absolute atomic E-state index is 12.3. The Kier molecular flexibility index (Phi) is 14.9. The van der Waals surface area contributed by atoms with Crippen LogP contribution in [0.25, 0.3) is 21.5 Å². The van der Waals surface area contributed by atoms with Gasteiger partial charge in [0.2, 0.25) is 5.69 Å². The molecule has 13 heteroatoms. The smallest absolute Gasteiger partial charge is 0.210 e. The number of hydrogen-bond donors (Lipinski definition) is 0. The van der Waals surface area contributed by atoms with E-state index in [4.69, 9.17) is 0 Å². The van der Waals surface area contributed by atoms with Crippen LogP contribution in [0, 0.1) is 0 Å². The summed E-state index contributed by atoms with van der Waals surface area (Å²) in [6.07, 6.45) is 13.9. The summed E-state index contributed by atoms with van der Waals surface area (Å²) in [6, 6.07) is 39.7. The molecular formula is C60H60N3O8S2-. The number of Topliss-reactive ketones (excluding diaryl/α,β-unsaturated/α-hetero) is 2. The fourth-order valence-corrected chi connectivity index (χ4v) is 12.2. The monoisotopic (exact) mass is 1010 g/mol. The van der Waals surface area contributed by atoms with Gasteiger partial charge in [-0.3, -0.25) is 5.04 Å². The van der Waals surface area contributed by atoms with Crippen molar-refractivity contribution in [2.24, 2.45) is 0 Å². The molecule has 0 saturated heterocycles. The van der Waals surface area contributed by atoms with E-state index in [1.807, 2.05) is 36.4 Å². The molecule has 0 N–H and O–H groups in total. The van der Waals surface area contributed by atoms with Crippen molar-refractivity contribution in [3.63, 3.8) is 0 Å². The highest BCUT2D eigenvalue weighted by Gasteiger charge is 2.46. The highest BCUT2D eigenvalue weighted by atomic mass is 32.2. The van der Waals surface area contributed by atoms with Gasteiger partial charge in [0.25, 0.3) is 0 Å². The zero-order valence-electron chi connectivity index (χ0n) is 42.1. The van der Waals surface area contributed by atoms with E-state index < -0.39 is 20.9 Å². The maximum atomic E-state index is 12.3. The Bertz CT molecular complexity index is 3370. The Hall–Kier alpha value is -6.45. The molecule has 1 aliphatic carbocycles. The van der Waals surface area contributed by atoms with Crippen molar-refractivity contribution in [3.8, 4) is 0 Å². The molecule has 0 radical (unpaired) electrons. The minimum atomic E-state index is -4.66. The molecule has 0 atom stereocenters. The normalized spacial score (nSPS) is 17.4. The standard InChI is InChI=1S/C60H61N3O8S2/c1-40(64)16-14-36-61-52-32-24-44-38-48(72-71-70-66)28-30-50(44)56(52)59(3,4)54(61)34-26-42-18-13-19-43(58(42)63(46-20-9-7-10-21-46)47-22-11-8-12-23-47)27-35-55-60(5,6)57-51-31-29-49(73(67,68)69)39-45(51)25-33-53(57)62(55)37-15-17-41(2)65/h7-12,20-35,38-39H,13-19,36-37H2,1-6H3,(H-,66,67,68,69)/p-1. The van der Waals surface area contributed by atoms with Crippen molar-refractivity contribution >= 4 is 83.7 Å². The number of carbonyl (C=O) groups is 2. The van der Waals surface area contributed by atoms with Crippen LogP contribution in [0.5, 0.6) is 0 Å². The molecule has 11 nitrogen and oxygen atoms in total. The lowest BCUT2D eigenvalue weighted by Crippen LogP contribution is -2.28. The molecule has 2 aliphatic heterocycles. The van der Waals surface area contributed by atoms with Gasteiger partial charge in [-0.2, -0.15) is 8.91 Å². The minimum Gasteiger partial charge on any atom is -0.744 e. The fourth-order valence-electron chi connectivity index (χ4n) is 11.3. The molecule has 0 amide bonds. The molecule has 0 unspecified atom stereocenters. The quantitative estimate of drug-likeness (QED) is 0.0267. The first-order chi connectivity index (χ1) is 35.0. The Balaban J connectivity index is 1.22. The van der Waals surface area contributed by atoms with Gasteiger partial charge in [-0.05, 0) is 158 Å². The summed E-state index contributed by atoms with van der Waals surface area (Å²) >= 11 is 0.870. The average Bonchev–Trinajstić information content (AvgIpc) is 3.72. The molecule has 0 saturated carbocycles. The van der Waals surface area contributed by atoms with Crippen LogP contribution in [-0.4, -0.2) is 47.9 Å². The Morgan fingerprint density at radius 3 is 2.07 bits per heavy atom. The third-order valence-corrected chi connectivity index (χ3v) is 15.9. The largest absolute Gasteiger partial charge is 0.744 e. The van der Waals surface area contributed by atoms with Crippen molar-refractivity contribution in [1.29, 1.82) is 0 Å². The van der Waals surface area contributed by atoms with E-state index in [0.717, 1.165) is 103 Å². The number of ketones is 2. The summed E-state index contributed by atoms with van der Waals surface area (Å²) in [6.45, 7) is 13.4. The molecule has 6 aromatic carbocycles. The zero-order valence-corrected chi connectivity index (χ0v) is 43.8. The number of rotatable bonds is 18. The topological polar surface area (TPSA) is 142 Å². The highest BCUT2D eigenvalue weighted by Crippen LogP contribution is 2.52. The Morgan fingerprint density at radius 2 is 1.40 bits per heavy atom. The van der Waals surface area contributed by atoms with E-state index in [0.29, 0.717) is 44.2 Å². The molecule has 6 aromatic rings. The number of carbonyl (C=O) groups excluding carboxylic acids is 2. The van der Waals surface area contributed by atoms with Gasteiger partial charge in [-0.25, -0.2) is 8.42 Å². The lowest BCUT2D eigenvalue weighted by atomic mass is 9.78. The number of benzene rings is 6. The first-order valence-corrected chi connectivity index (χ1v) is 27.0. The Morgan fingerprint density at radius 1 is 0.753 bits per heavy atom. The number of nitrogens with zero attached hydrogens (tertiary/aromatic N) is 3. The highest BCUT2D eigenvalue weighted by molar-refractivity contribution is 7.94. The first kappa shape index (κ1) is 51.5. The van der Waals surface area contributed by atoms with E-state index in [1.165, 1.54) is 23.3 Å². The Labute approximate surface area is 432 Å². The van der Waals surface area contributed by atoms with Gasteiger partial charge in [0.15, 0.2) is 5.71 Å². The van der Waals surface area contributed by atoms with Gasteiger partial charge >= 0.3 is 0 Å². The second-order valence-electron chi connectivity index (χ2n) is 20.2. The number of hydrogen-bond acceptors (Lipinski definition) is 11. The predicted octanol–water partition coefficient (Wildman–Crippen LogP) is 12.7. The summed E-state index contributed by atoms with van der Waals surface area (Å²) in [5.74, 6) is 0.278. The number of para-hydroxylation sites is 2. The summed E-state index contributed by atoms with van der Waals surface area (Å²) in [5.41, 5.74) is 10.9. The SMILES string of the molecule is CC(=O)CCCN1/C(=C/C=C2\CCCC(/C=C/C3=[N+](CCCC(C)=O)c4ccc5cc(S(=O)(=O)[O-])ccc5c4C3(C)C)=C2N(c2ccccc2)c2ccccc2)C(C)(C)c2c1ccc1cc(SOO[O-])ccc21. The zero-order chi connectivity index (χ0) is 51.7. The summed E-state index contributed by atoms with van der Waals surface area (Å²) < 4.78 is 43.3. The van der Waals surface area contributed by atoms with E-state index >= 15 is 0 Å². The van der Waals surface area contributed by atoms with Gasteiger partial charge < -0.3 is 29.2 Å². The van der Waals surface area contributed by atoms with Crippen molar-refractivity contribution in [2.45, 2.75) is 107 Å². The van der Waals surface area contributed by atoms with Crippen LogP contribution in [-0.2, 0) is 39.9 Å². The fraction of sp³-hybridized carbons (Fsp3) is 0.283.